The Morgan fingerprint density at radius 1 is 1.26 bits per heavy atom. The summed E-state index contributed by atoms with van der Waals surface area (Å²) in [4.78, 5) is 18.1. The molecule has 96 valence electrons. The van der Waals surface area contributed by atoms with E-state index in [-0.39, 0.29) is 11.4 Å². The van der Waals surface area contributed by atoms with Crippen LogP contribution < -0.4 is 4.74 Å². The van der Waals surface area contributed by atoms with Gasteiger partial charge in [0.05, 0.1) is 23.2 Å². The van der Waals surface area contributed by atoms with Crippen LogP contribution in [0.5, 0.6) is 5.75 Å². The molecule has 0 atom stereocenters. The topological polar surface area (TPSA) is 81.0 Å². The normalized spacial score (nSPS) is 11.1. The maximum atomic E-state index is 11.2. The van der Waals surface area contributed by atoms with Crippen molar-refractivity contribution in [3.63, 3.8) is 0 Å². The van der Waals surface area contributed by atoms with E-state index in [2.05, 4.69) is 9.97 Å². The Labute approximate surface area is 108 Å². The van der Waals surface area contributed by atoms with Gasteiger partial charge in [-0.3, -0.25) is 15.1 Å². The lowest BCUT2D eigenvalue weighted by Crippen LogP contribution is -1.94. The van der Waals surface area contributed by atoms with Crippen molar-refractivity contribution in [2.24, 2.45) is 0 Å². The molecular weight excluding hydrogens is 246 g/mol. The van der Waals surface area contributed by atoms with Gasteiger partial charge in [0.25, 0.3) is 0 Å². The molecule has 1 aromatic carbocycles. The molecule has 0 radical (unpaired) electrons. The largest absolute Gasteiger partial charge is 0.490 e. The number of H-pyrrole nitrogens is 1. The zero-order valence-electron chi connectivity index (χ0n) is 10.4. The van der Waals surface area contributed by atoms with E-state index in [4.69, 9.17) is 4.74 Å². The summed E-state index contributed by atoms with van der Waals surface area (Å²) in [5.74, 6) is 0.245. The minimum atomic E-state index is -0.431. The smallest absolute Gasteiger partial charge is 0.334 e. The molecule has 0 bridgehead atoms. The second kappa shape index (κ2) is 3.94. The number of aromatic amines is 1. The van der Waals surface area contributed by atoms with E-state index >= 15 is 0 Å². The van der Waals surface area contributed by atoms with Crippen LogP contribution in [-0.2, 0) is 0 Å². The lowest BCUT2D eigenvalue weighted by atomic mass is 10.1. The van der Waals surface area contributed by atoms with Crippen molar-refractivity contribution in [2.45, 2.75) is 6.92 Å². The van der Waals surface area contributed by atoms with Gasteiger partial charge >= 0.3 is 5.69 Å². The number of nitrogens with zero attached hydrogens (tertiary/aromatic N) is 2. The van der Waals surface area contributed by atoms with Crippen LogP contribution in [0.3, 0.4) is 0 Å². The van der Waals surface area contributed by atoms with Crippen LogP contribution in [0.25, 0.3) is 21.8 Å². The van der Waals surface area contributed by atoms with Crippen molar-refractivity contribution in [2.75, 3.05) is 7.11 Å². The van der Waals surface area contributed by atoms with E-state index in [0.717, 1.165) is 22.0 Å². The van der Waals surface area contributed by atoms with Gasteiger partial charge in [-0.1, -0.05) is 0 Å². The minimum absolute atomic E-state index is 0.0457. The Bertz CT molecular complexity index is 808. The van der Waals surface area contributed by atoms with E-state index in [9.17, 15) is 10.1 Å². The van der Waals surface area contributed by atoms with Gasteiger partial charge in [0.1, 0.15) is 5.52 Å². The van der Waals surface area contributed by atoms with Gasteiger partial charge in [-0.05, 0) is 25.1 Å². The fraction of sp³-hybridized carbons (Fsp3) is 0.154. The second-order valence-electron chi connectivity index (χ2n) is 4.24. The molecule has 6 heteroatoms. The molecule has 0 saturated carbocycles. The van der Waals surface area contributed by atoms with Gasteiger partial charge < -0.3 is 9.72 Å². The van der Waals surface area contributed by atoms with E-state index in [1.807, 2.05) is 19.1 Å². The van der Waals surface area contributed by atoms with Crippen LogP contribution in [0, 0.1) is 17.0 Å². The van der Waals surface area contributed by atoms with Gasteiger partial charge in [0.2, 0.25) is 0 Å². The summed E-state index contributed by atoms with van der Waals surface area (Å²) < 4.78 is 5.06. The Morgan fingerprint density at radius 2 is 2.00 bits per heavy atom. The Balaban J connectivity index is 2.53. The number of aromatic nitrogens is 2. The first-order valence-electron chi connectivity index (χ1n) is 5.72. The highest BCUT2D eigenvalue weighted by atomic mass is 16.6. The first-order chi connectivity index (χ1) is 9.13. The molecule has 6 nitrogen and oxygen atoms in total. The lowest BCUT2D eigenvalue weighted by Gasteiger charge is -2.01. The molecule has 0 saturated heterocycles. The van der Waals surface area contributed by atoms with E-state index in [1.54, 1.807) is 12.3 Å². The predicted molar refractivity (Wildman–Crippen MR) is 71.5 cm³/mol. The molecule has 0 aliphatic rings. The third-order valence-electron chi connectivity index (χ3n) is 3.22. The minimum Gasteiger partial charge on any atom is -0.490 e. The first-order valence-corrected chi connectivity index (χ1v) is 5.72. The SMILES string of the molecule is COc1ccc2c([nH]c3c(C)nccc32)c1[N+](=O)[O-]. The molecule has 1 N–H and O–H groups in total. The molecule has 19 heavy (non-hydrogen) atoms. The van der Waals surface area contributed by atoms with Gasteiger partial charge in [0, 0.05) is 17.0 Å². The third kappa shape index (κ3) is 1.53. The standard InChI is InChI=1S/C13H11N3O3/c1-7-11-9(5-6-14-7)8-3-4-10(19-2)13(16(17)18)12(8)15-11/h3-6,15H,1-2H3. The summed E-state index contributed by atoms with van der Waals surface area (Å²) in [5.41, 5.74) is 2.04. The number of benzene rings is 1. The molecule has 0 spiro atoms. The van der Waals surface area contributed by atoms with E-state index in [1.165, 1.54) is 7.11 Å². The summed E-state index contributed by atoms with van der Waals surface area (Å²) in [6, 6.07) is 5.28. The predicted octanol–water partition coefficient (Wildman–Crippen LogP) is 2.94. The number of methoxy groups -OCH3 is 1. The molecule has 0 aliphatic carbocycles. The number of nitrogens with one attached hydrogen (secondary N) is 1. The summed E-state index contributed by atoms with van der Waals surface area (Å²) in [6.45, 7) is 1.86. The van der Waals surface area contributed by atoms with Crippen molar-refractivity contribution in [1.29, 1.82) is 0 Å². The zero-order chi connectivity index (χ0) is 13.6. The number of aryl methyl sites for hydroxylation is 1. The average molecular weight is 257 g/mol. The van der Waals surface area contributed by atoms with Crippen LogP contribution in [0.1, 0.15) is 5.69 Å². The van der Waals surface area contributed by atoms with Crippen molar-refractivity contribution in [3.05, 3.63) is 40.2 Å². The number of fused-ring (bicyclic) bond motifs is 3. The molecule has 0 unspecified atom stereocenters. The fourth-order valence-corrected chi connectivity index (χ4v) is 2.34. The van der Waals surface area contributed by atoms with Gasteiger partial charge in [0.15, 0.2) is 5.75 Å². The number of rotatable bonds is 2. The van der Waals surface area contributed by atoms with Crippen LogP contribution in [-0.4, -0.2) is 22.0 Å². The van der Waals surface area contributed by atoms with Crippen LogP contribution in [0.4, 0.5) is 5.69 Å². The van der Waals surface area contributed by atoms with Crippen LogP contribution >= 0.6 is 0 Å². The maximum Gasteiger partial charge on any atom is 0.334 e. The maximum absolute atomic E-state index is 11.2. The summed E-state index contributed by atoms with van der Waals surface area (Å²) >= 11 is 0. The van der Waals surface area contributed by atoms with Gasteiger partial charge in [-0.15, -0.1) is 0 Å². The lowest BCUT2D eigenvalue weighted by molar-refractivity contribution is -0.384. The van der Waals surface area contributed by atoms with Gasteiger partial charge in [-0.2, -0.15) is 0 Å². The average Bonchev–Trinajstić information content (AvgIpc) is 2.77. The number of hydrogen-bond acceptors (Lipinski definition) is 4. The number of nitro benzene ring substituents is 1. The number of hydrogen-bond donors (Lipinski definition) is 1. The quantitative estimate of drug-likeness (QED) is 0.565. The monoisotopic (exact) mass is 257 g/mol. The van der Waals surface area contributed by atoms with Crippen molar-refractivity contribution >= 4 is 27.5 Å². The summed E-state index contributed by atoms with van der Waals surface area (Å²) in [6.07, 6.45) is 1.70. The highest BCUT2D eigenvalue weighted by Crippen LogP contribution is 2.38. The molecular formula is C13H11N3O3. The zero-order valence-corrected chi connectivity index (χ0v) is 10.4. The Kier molecular flexibility index (Phi) is 2.38. The molecule has 0 fully saturated rings. The Hall–Kier alpha value is -2.63. The van der Waals surface area contributed by atoms with Crippen molar-refractivity contribution in [1.82, 2.24) is 9.97 Å². The van der Waals surface area contributed by atoms with Crippen molar-refractivity contribution in [3.8, 4) is 5.75 Å². The number of pyridine rings is 1. The molecule has 3 aromatic rings. The van der Waals surface area contributed by atoms with E-state index in [0.29, 0.717) is 5.52 Å². The van der Waals surface area contributed by atoms with Crippen LogP contribution in [0.2, 0.25) is 0 Å². The third-order valence-corrected chi connectivity index (χ3v) is 3.22. The van der Waals surface area contributed by atoms with Crippen LogP contribution in [0.15, 0.2) is 24.4 Å². The van der Waals surface area contributed by atoms with E-state index < -0.39 is 4.92 Å². The summed E-state index contributed by atoms with van der Waals surface area (Å²) in [5, 5.41) is 13.0. The van der Waals surface area contributed by atoms with Gasteiger partial charge in [-0.25, -0.2) is 0 Å². The number of ether oxygens (including phenoxy) is 1. The number of nitro groups is 1. The molecule has 2 aromatic heterocycles. The second-order valence-corrected chi connectivity index (χ2v) is 4.24. The van der Waals surface area contributed by atoms with Crippen molar-refractivity contribution < 1.29 is 9.66 Å². The molecule has 3 rings (SSSR count). The molecule has 0 amide bonds. The highest BCUT2D eigenvalue weighted by molar-refractivity contribution is 6.11. The fourth-order valence-electron chi connectivity index (χ4n) is 2.34. The first kappa shape index (κ1) is 11.5. The summed E-state index contributed by atoms with van der Waals surface area (Å²) in [7, 11) is 1.42. The highest BCUT2D eigenvalue weighted by Gasteiger charge is 2.22. The Morgan fingerprint density at radius 3 is 2.68 bits per heavy atom. The molecule has 0 aliphatic heterocycles. The molecule has 2 heterocycles.